The lowest BCUT2D eigenvalue weighted by molar-refractivity contribution is -0.138. The average molecular weight is 499 g/mol. The van der Waals surface area contributed by atoms with E-state index < -0.39 is 17.6 Å². The number of hydrogen-bond acceptors (Lipinski definition) is 6. The summed E-state index contributed by atoms with van der Waals surface area (Å²) in [6.07, 6.45) is 2.66. The molecular weight excluding hydrogens is 468 g/mol. The Hall–Kier alpha value is -3.20. The molecule has 0 radical (unpaired) electrons. The summed E-state index contributed by atoms with van der Waals surface area (Å²) in [5, 5.41) is 2.73. The molecule has 35 heavy (non-hydrogen) atoms. The first kappa shape index (κ1) is 26.4. The molecule has 2 aromatic carbocycles. The maximum atomic E-state index is 13.3. The summed E-state index contributed by atoms with van der Waals surface area (Å²) in [6, 6.07) is 12.0. The van der Waals surface area contributed by atoms with E-state index in [-0.39, 0.29) is 36.6 Å². The molecule has 1 aromatic heterocycles. The molecule has 0 saturated carbocycles. The minimum Gasteiger partial charge on any atom is -0.465 e. The molecule has 4 N–H and O–H groups in total. The van der Waals surface area contributed by atoms with Crippen molar-refractivity contribution in [1.82, 2.24) is 15.4 Å². The maximum absolute atomic E-state index is 13.3. The number of amides is 1. The molecule has 3 aromatic rings. The Morgan fingerprint density at radius 1 is 1.17 bits per heavy atom. The van der Waals surface area contributed by atoms with Crippen molar-refractivity contribution in [1.29, 1.82) is 0 Å². The number of H-pyrrole nitrogens is 1. The fraction of sp³-hybridized carbons (Fsp3) is 0.346. The second-order valence-electron chi connectivity index (χ2n) is 9.21. The van der Waals surface area contributed by atoms with Gasteiger partial charge in [-0.3, -0.25) is 15.0 Å². The number of hydrogen-bond donors (Lipinski definition) is 3. The number of para-hydroxylation sites is 1. The molecule has 0 saturated heterocycles. The number of methoxy groups -OCH3 is 1. The molecule has 0 bridgehead atoms. The smallest absolute Gasteiger partial charge is 0.337 e. The molecular formula is C26H31ClN4O4. The Labute approximate surface area is 210 Å². The van der Waals surface area contributed by atoms with Gasteiger partial charge in [-0.2, -0.15) is 5.01 Å². The molecule has 8 nitrogen and oxygen atoms in total. The van der Waals surface area contributed by atoms with Gasteiger partial charge in [0.05, 0.1) is 24.3 Å². The van der Waals surface area contributed by atoms with Crippen LogP contribution in [0.3, 0.4) is 0 Å². The van der Waals surface area contributed by atoms with Crippen molar-refractivity contribution in [2.24, 2.45) is 5.73 Å². The predicted octanol–water partition coefficient (Wildman–Crippen LogP) is 3.76. The summed E-state index contributed by atoms with van der Waals surface area (Å²) in [6.45, 7) is 5.05. The summed E-state index contributed by atoms with van der Waals surface area (Å²) in [4.78, 5) is 41.8. The maximum Gasteiger partial charge on any atom is 0.337 e. The SMILES string of the molecule is CCC(=O)C1c2ccc(C(=O)OC)cc2CC(c2c[nH]c3ccccc23)N1NC(=O)C(C)(C)N.Cl. The highest BCUT2D eigenvalue weighted by Crippen LogP contribution is 2.42. The fourth-order valence-corrected chi connectivity index (χ4v) is 4.49. The minimum atomic E-state index is -1.14. The van der Waals surface area contributed by atoms with Crippen LogP contribution in [0.15, 0.2) is 48.7 Å². The monoisotopic (exact) mass is 498 g/mol. The Kier molecular flexibility index (Phi) is 7.69. The third kappa shape index (κ3) is 4.96. The second-order valence-corrected chi connectivity index (χ2v) is 9.21. The number of aromatic amines is 1. The topological polar surface area (TPSA) is 118 Å². The van der Waals surface area contributed by atoms with Gasteiger partial charge >= 0.3 is 5.97 Å². The van der Waals surface area contributed by atoms with E-state index in [2.05, 4.69) is 10.4 Å². The molecule has 1 aliphatic rings. The summed E-state index contributed by atoms with van der Waals surface area (Å²) in [5.74, 6) is -0.877. The van der Waals surface area contributed by atoms with Gasteiger partial charge in [-0.15, -0.1) is 12.4 Å². The van der Waals surface area contributed by atoms with Gasteiger partial charge in [0.2, 0.25) is 0 Å². The zero-order valence-electron chi connectivity index (χ0n) is 20.3. The third-order valence-corrected chi connectivity index (χ3v) is 6.34. The van der Waals surface area contributed by atoms with Crippen molar-refractivity contribution in [3.05, 3.63) is 70.9 Å². The van der Waals surface area contributed by atoms with E-state index in [0.717, 1.165) is 27.6 Å². The zero-order chi connectivity index (χ0) is 24.6. The van der Waals surface area contributed by atoms with Crippen molar-refractivity contribution in [2.75, 3.05) is 7.11 Å². The lowest BCUT2D eigenvalue weighted by Gasteiger charge is -2.43. The molecule has 0 aliphatic carbocycles. The van der Waals surface area contributed by atoms with E-state index in [0.29, 0.717) is 12.0 Å². The van der Waals surface area contributed by atoms with Crippen LogP contribution in [0.25, 0.3) is 10.9 Å². The number of hydrazine groups is 1. The number of ketones is 1. The number of halogens is 1. The van der Waals surface area contributed by atoms with Crippen LogP contribution < -0.4 is 11.2 Å². The Bertz CT molecular complexity index is 1260. The first-order valence-electron chi connectivity index (χ1n) is 11.3. The standard InChI is InChI=1S/C26H30N4O4.ClH/c1-5-22(31)23-17-11-10-15(24(32)34-4)12-16(17)13-21(30(23)29-25(33)26(2,3)27)19-14-28-20-9-7-6-8-18(19)20;/h6-12,14,21,23,28H,5,13,27H2,1-4H3,(H,29,33);1H. The number of nitrogens with zero attached hydrogens (tertiary/aromatic N) is 1. The molecule has 2 atom stereocenters. The van der Waals surface area contributed by atoms with Crippen LogP contribution in [-0.2, 0) is 20.7 Å². The van der Waals surface area contributed by atoms with Crippen LogP contribution in [0, 0.1) is 0 Å². The van der Waals surface area contributed by atoms with Gasteiger partial charge < -0.3 is 15.5 Å². The van der Waals surface area contributed by atoms with E-state index in [1.165, 1.54) is 7.11 Å². The Morgan fingerprint density at radius 3 is 2.54 bits per heavy atom. The molecule has 1 aliphatic heterocycles. The molecule has 1 amide bonds. The first-order chi connectivity index (χ1) is 16.2. The van der Waals surface area contributed by atoms with E-state index in [1.54, 1.807) is 44.0 Å². The number of esters is 1. The van der Waals surface area contributed by atoms with Crippen LogP contribution in [0.5, 0.6) is 0 Å². The van der Waals surface area contributed by atoms with E-state index in [9.17, 15) is 14.4 Å². The summed E-state index contributed by atoms with van der Waals surface area (Å²) >= 11 is 0. The fourth-order valence-electron chi connectivity index (χ4n) is 4.49. The van der Waals surface area contributed by atoms with Gasteiger partial charge in [-0.25, -0.2) is 4.79 Å². The number of carbonyl (C=O) groups excluding carboxylic acids is 3. The van der Waals surface area contributed by atoms with Gasteiger partial charge in [-0.05, 0) is 55.2 Å². The second kappa shape index (κ2) is 10.2. The van der Waals surface area contributed by atoms with Crippen molar-refractivity contribution in [3.8, 4) is 0 Å². The largest absolute Gasteiger partial charge is 0.465 e. The van der Waals surface area contributed by atoms with Crippen molar-refractivity contribution >= 4 is 41.0 Å². The molecule has 2 heterocycles. The Morgan fingerprint density at radius 2 is 1.89 bits per heavy atom. The number of carbonyl (C=O) groups is 3. The molecule has 9 heteroatoms. The van der Waals surface area contributed by atoms with Crippen LogP contribution in [0.1, 0.15) is 66.3 Å². The third-order valence-electron chi connectivity index (χ3n) is 6.34. The molecule has 0 fully saturated rings. The zero-order valence-corrected chi connectivity index (χ0v) is 21.1. The minimum absolute atomic E-state index is 0. The number of fused-ring (bicyclic) bond motifs is 2. The highest BCUT2D eigenvalue weighted by Gasteiger charge is 2.42. The number of aromatic nitrogens is 1. The van der Waals surface area contributed by atoms with E-state index >= 15 is 0 Å². The number of Topliss-reactive ketones (excluding diaryl/α,β-unsaturated/α-hetero) is 1. The number of nitrogens with two attached hydrogens (primary N) is 1. The lowest BCUT2D eigenvalue weighted by Crippen LogP contribution is -2.58. The number of ether oxygens (including phenoxy) is 1. The summed E-state index contributed by atoms with van der Waals surface area (Å²) in [5.41, 5.74) is 11.8. The molecule has 0 spiro atoms. The summed E-state index contributed by atoms with van der Waals surface area (Å²) < 4.78 is 4.90. The number of benzene rings is 2. The van der Waals surface area contributed by atoms with Crippen LogP contribution >= 0.6 is 12.4 Å². The van der Waals surface area contributed by atoms with Gasteiger partial charge in [0, 0.05) is 23.5 Å². The predicted molar refractivity (Wildman–Crippen MR) is 136 cm³/mol. The molecule has 186 valence electrons. The molecule has 2 unspecified atom stereocenters. The lowest BCUT2D eigenvalue weighted by atomic mass is 9.83. The molecule has 4 rings (SSSR count). The average Bonchev–Trinajstić information content (AvgIpc) is 3.25. The number of nitrogens with one attached hydrogen (secondary N) is 2. The van der Waals surface area contributed by atoms with Crippen LogP contribution in [-0.4, -0.2) is 40.3 Å². The Balaban J connectivity index is 0.00000342. The van der Waals surface area contributed by atoms with E-state index in [4.69, 9.17) is 10.5 Å². The first-order valence-corrected chi connectivity index (χ1v) is 11.3. The van der Waals surface area contributed by atoms with Crippen molar-refractivity contribution in [2.45, 2.75) is 51.2 Å². The summed E-state index contributed by atoms with van der Waals surface area (Å²) in [7, 11) is 1.34. The van der Waals surface area contributed by atoms with Gasteiger partial charge in [0.15, 0.2) is 5.78 Å². The number of rotatable bonds is 6. The van der Waals surface area contributed by atoms with Crippen molar-refractivity contribution < 1.29 is 19.1 Å². The van der Waals surface area contributed by atoms with E-state index in [1.807, 2.05) is 30.5 Å². The highest BCUT2D eigenvalue weighted by molar-refractivity contribution is 5.92. The highest BCUT2D eigenvalue weighted by atomic mass is 35.5. The quantitative estimate of drug-likeness (QED) is 0.445. The van der Waals surface area contributed by atoms with Gasteiger partial charge in [0.1, 0.15) is 6.04 Å². The van der Waals surface area contributed by atoms with Crippen LogP contribution in [0.2, 0.25) is 0 Å². The van der Waals surface area contributed by atoms with Gasteiger partial charge in [-0.1, -0.05) is 31.2 Å². The van der Waals surface area contributed by atoms with Crippen molar-refractivity contribution in [3.63, 3.8) is 0 Å². The van der Waals surface area contributed by atoms with Crippen LogP contribution in [0.4, 0.5) is 0 Å². The van der Waals surface area contributed by atoms with Gasteiger partial charge in [0.25, 0.3) is 5.91 Å². The normalized spacial score (nSPS) is 17.9.